The second-order valence-corrected chi connectivity index (χ2v) is 6.24. The SMILES string of the molecule is Cc1c(NC(=O)c2cnn(C3CCCCC3)c2)cccc1C(=O)O. The van der Waals surface area contributed by atoms with Gasteiger partial charge in [0.2, 0.25) is 0 Å². The van der Waals surface area contributed by atoms with Crippen molar-refractivity contribution in [2.45, 2.75) is 45.1 Å². The van der Waals surface area contributed by atoms with Crippen LogP contribution in [0.3, 0.4) is 0 Å². The molecule has 1 aromatic heterocycles. The second kappa shape index (κ2) is 6.86. The lowest BCUT2D eigenvalue weighted by Crippen LogP contribution is -2.15. The molecule has 24 heavy (non-hydrogen) atoms. The van der Waals surface area contributed by atoms with Gasteiger partial charge in [0.05, 0.1) is 23.4 Å². The summed E-state index contributed by atoms with van der Waals surface area (Å²) >= 11 is 0. The quantitative estimate of drug-likeness (QED) is 0.898. The van der Waals surface area contributed by atoms with Crippen LogP contribution in [0.4, 0.5) is 5.69 Å². The molecule has 1 fully saturated rings. The van der Waals surface area contributed by atoms with E-state index in [1.807, 2.05) is 4.68 Å². The van der Waals surface area contributed by atoms with E-state index in [2.05, 4.69) is 10.4 Å². The third kappa shape index (κ3) is 3.32. The highest BCUT2D eigenvalue weighted by atomic mass is 16.4. The minimum Gasteiger partial charge on any atom is -0.478 e. The number of carbonyl (C=O) groups is 2. The number of carboxylic acid groups (broad SMARTS) is 1. The van der Waals surface area contributed by atoms with E-state index in [0.717, 1.165) is 12.8 Å². The number of carbonyl (C=O) groups excluding carboxylic acids is 1. The average Bonchev–Trinajstić information content (AvgIpc) is 3.07. The molecule has 0 aliphatic heterocycles. The molecule has 6 nitrogen and oxygen atoms in total. The molecule has 3 rings (SSSR count). The Morgan fingerprint density at radius 3 is 2.71 bits per heavy atom. The lowest BCUT2D eigenvalue weighted by Gasteiger charge is -2.21. The van der Waals surface area contributed by atoms with Crippen LogP contribution >= 0.6 is 0 Å². The maximum Gasteiger partial charge on any atom is 0.336 e. The molecule has 0 bridgehead atoms. The van der Waals surface area contributed by atoms with Gasteiger partial charge in [0.25, 0.3) is 5.91 Å². The molecule has 0 radical (unpaired) electrons. The highest BCUT2D eigenvalue weighted by molar-refractivity contribution is 6.05. The zero-order valence-corrected chi connectivity index (χ0v) is 13.7. The van der Waals surface area contributed by atoms with Gasteiger partial charge in [0.15, 0.2) is 0 Å². The number of anilines is 1. The third-order valence-electron chi connectivity index (χ3n) is 4.62. The molecule has 2 N–H and O–H groups in total. The molecule has 1 saturated carbocycles. The van der Waals surface area contributed by atoms with Crippen LogP contribution in [-0.4, -0.2) is 26.8 Å². The Kier molecular flexibility index (Phi) is 4.64. The summed E-state index contributed by atoms with van der Waals surface area (Å²) in [6, 6.07) is 5.22. The van der Waals surface area contributed by atoms with Gasteiger partial charge in [-0.2, -0.15) is 5.10 Å². The molecule has 1 aliphatic rings. The van der Waals surface area contributed by atoms with Crippen molar-refractivity contribution in [3.05, 3.63) is 47.3 Å². The predicted molar refractivity (Wildman–Crippen MR) is 90.4 cm³/mol. The van der Waals surface area contributed by atoms with Crippen molar-refractivity contribution in [2.75, 3.05) is 5.32 Å². The van der Waals surface area contributed by atoms with Crippen LogP contribution in [0.2, 0.25) is 0 Å². The van der Waals surface area contributed by atoms with Crippen molar-refractivity contribution in [2.24, 2.45) is 0 Å². The van der Waals surface area contributed by atoms with E-state index < -0.39 is 5.97 Å². The fourth-order valence-electron chi connectivity index (χ4n) is 3.20. The average molecular weight is 327 g/mol. The molecule has 1 aromatic carbocycles. The summed E-state index contributed by atoms with van der Waals surface area (Å²) in [7, 11) is 0. The molecule has 0 saturated heterocycles. The van der Waals surface area contributed by atoms with E-state index in [1.54, 1.807) is 31.5 Å². The Bertz CT molecular complexity index is 761. The minimum atomic E-state index is -1.01. The van der Waals surface area contributed by atoms with Gasteiger partial charge < -0.3 is 10.4 Å². The summed E-state index contributed by atoms with van der Waals surface area (Å²) in [6.45, 7) is 1.69. The van der Waals surface area contributed by atoms with E-state index >= 15 is 0 Å². The van der Waals surface area contributed by atoms with Gasteiger partial charge >= 0.3 is 5.97 Å². The number of nitrogens with zero attached hydrogens (tertiary/aromatic N) is 2. The van der Waals surface area contributed by atoms with E-state index in [0.29, 0.717) is 22.9 Å². The molecule has 0 spiro atoms. The number of carboxylic acids is 1. The van der Waals surface area contributed by atoms with Crippen molar-refractivity contribution in [3.63, 3.8) is 0 Å². The first-order valence-electron chi connectivity index (χ1n) is 8.24. The first kappa shape index (κ1) is 16.2. The number of aromatic nitrogens is 2. The maximum absolute atomic E-state index is 12.4. The monoisotopic (exact) mass is 327 g/mol. The van der Waals surface area contributed by atoms with Crippen LogP contribution in [-0.2, 0) is 0 Å². The van der Waals surface area contributed by atoms with Crippen LogP contribution in [0.25, 0.3) is 0 Å². The van der Waals surface area contributed by atoms with Crippen molar-refractivity contribution in [3.8, 4) is 0 Å². The molecular formula is C18H21N3O3. The molecule has 1 heterocycles. The summed E-state index contributed by atoms with van der Waals surface area (Å²) < 4.78 is 1.88. The molecule has 2 aromatic rings. The number of hydrogen-bond acceptors (Lipinski definition) is 3. The topological polar surface area (TPSA) is 84.2 Å². The summed E-state index contributed by atoms with van der Waals surface area (Å²) in [5.41, 5.74) is 1.72. The highest BCUT2D eigenvalue weighted by Gasteiger charge is 2.18. The maximum atomic E-state index is 12.4. The first-order valence-corrected chi connectivity index (χ1v) is 8.24. The largest absolute Gasteiger partial charge is 0.478 e. The number of nitrogens with one attached hydrogen (secondary N) is 1. The van der Waals surface area contributed by atoms with Crippen molar-refractivity contribution >= 4 is 17.6 Å². The first-order chi connectivity index (χ1) is 11.6. The zero-order chi connectivity index (χ0) is 17.1. The van der Waals surface area contributed by atoms with E-state index in [4.69, 9.17) is 5.11 Å². The molecule has 0 unspecified atom stereocenters. The molecule has 1 amide bonds. The third-order valence-corrected chi connectivity index (χ3v) is 4.62. The number of aromatic carboxylic acids is 1. The van der Waals surface area contributed by atoms with Crippen LogP contribution < -0.4 is 5.32 Å². The fraction of sp³-hybridized carbons (Fsp3) is 0.389. The second-order valence-electron chi connectivity index (χ2n) is 6.24. The molecule has 0 atom stereocenters. The summed E-state index contributed by atoms with van der Waals surface area (Å²) in [6.07, 6.45) is 9.22. The van der Waals surface area contributed by atoms with Crippen LogP contribution in [0.5, 0.6) is 0 Å². The van der Waals surface area contributed by atoms with Crippen molar-refractivity contribution < 1.29 is 14.7 Å². The Balaban J connectivity index is 1.75. The highest BCUT2D eigenvalue weighted by Crippen LogP contribution is 2.27. The summed E-state index contributed by atoms with van der Waals surface area (Å²) in [5.74, 6) is -1.28. The lowest BCUT2D eigenvalue weighted by molar-refractivity contribution is 0.0695. The van der Waals surface area contributed by atoms with E-state index in [1.165, 1.54) is 25.3 Å². The normalized spacial score (nSPS) is 15.2. The van der Waals surface area contributed by atoms with E-state index in [-0.39, 0.29) is 11.5 Å². The van der Waals surface area contributed by atoms with Gasteiger partial charge in [-0.1, -0.05) is 25.3 Å². The van der Waals surface area contributed by atoms with Gasteiger partial charge in [-0.25, -0.2) is 4.79 Å². The number of hydrogen-bond donors (Lipinski definition) is 2. The molecule has 1 aliphatic carbocycles. The van der Waals surface area contributed by atoms with Crippen molar-refractivity contribution in [1.82, 2.24) is 9.78 Å². The number of benzene rings is 1. The van der Waals surface area contributed by atoms with Gasteiger partial charge in [-0.3, -0.25) is 9.48 Å². The Labute approximate surface area is 140 Å². The van der Waals surface area contributed by atoms with Gasteiger partial charge in [0, 0.05) is 11.9 Å². The van der Waals surface area contributed by atoms with Gasteiger partial charge in [0.1, 0.15) is 0 Å². The summed E-state index contributed by atoms with van der Waals surface area (Å²) in [4.78, 5) is 23.6. The summed E-state index contributed by atoms with van der Waals surface area (Å²) in [5, 5.41) is 16.3. The Morgan fingerprint density at radius 1 is 1.25 bits per heavy atom. The smallest absolute Gasteiger partial charge is 0.336 e. The van der Waals surface area contributed by atoms with Crippen LogP contribution in [0.1, 0.15) is 64.4 Å². The standard InChI is InChI=1S/C18H21N3O3/c1-12-15(18(23)24)8-5-9-16(12)20-17(22)13-10-19-21(11-13)14-6-3-2-4-7-14/h5,8-11,14H,2-4,6-7H2,1H3,(H,20,22)(H,23,24). The van der Waals surface area contributed by atoms with Crippen LogP contribution in [0, 0.1) is 6.92 Å². The number of rotatable bonds is 4. The van der Waals surface area contributed by atoms with Crippen molar-refractivity contribution in [1.29, 1.82) is 0 Å². The lowest BCUT2D eigenvalue weighted by atomic mass is 9.96. The zero-order valence-electron chi connectivity index (χ0n) is 13.7. The van der Waals surface area contributed by atoms with Gasteiger partial charge in [-0.15, -0.1) is 0 Å². The van der Waals surface area contributed by atoms with Gasteiger partial charge in [-0.05, 0) is 37.5 Å². The Morgan fingerprint density at radius 2 is 2.00 bits per heavy atom. The van der Waals surface area contributed by atoms with Crippen LogP contribution in [0.15, 0.2) is 30.6 Å². The number of amides is 1. The Hall–Kier alpha value is -2.63. The molecule has 6 heteroatoms. The minimum absolute atomic E-state index is 0.186. The molecular weight excluding hydrogens is 306 g/mol. The fourth-order valence-corrected chi connectivity index (χ4v) is 3.20. The molecule has 126 valence electrons. The predicted octanol–water partition coefficient (Wildman–Crippen LogP) is 3.65. The van der Waals surface area contributed by atoms with E-state index in [9.17, 15) is 9.59 Å².